The minimum atomic E-state index is -0.230. The van der Waals surface area contributed by atoms with Crippen LogP contribution in [0.1, 0.15) is 11.1 Å². The Bertz CT molecular complexity index is 582. The Morgan fingerprint density at radius 1 is 1.05 bits per heavy atom. The second kappa shape index (κ2) is 6.61. The molecule has 1 amide bonds. The Balaban J connectivity index is 1.79. The first kappa shape index (κ1) is 13.9. The van der Waals surface area contributed by atoms with Gasteiger partial charge in [-0.15, -0.1) is 0 Å². The summed E-state index contributed by atoms with van der Waals surface area (Å²) in [7, 11) is 0. The van der Waals surface area contributed by atoms with Gasteiger partial charge >= 0.3 is 0 Å². The molecule has 0 atom stereocenters. The van der Waals surface area contributed by atoms with E-state index in [1.165, 1.54) is 5.56 Å². The van der Waals surface area contributed by atoms with Gasteiger partial charge in [0.25, 0.3) is 5.91 Å². The number of hydrazine groups is 1. The summed E-state index contributed by atoms with van der Waals surface area (Å²) in [5.41, 5.74) is 8.57. The Hall–Kier alpha value is -2.49. The molecule has 0 fully saturated rings. The quantitative estimate of drug-likeness (QED) is 0.821. The van der Waals surface area contributed by atoms with Crippen LogP contribution >= 0.6 is 0 Å². The fraction of sp³-hybridized carbons (Fsp3) is 0.188. The van der Waals surface area contributed by atoms with E-state index in [1.54, 1.807) is 0 Å². The van der Waals surface area contributed by atoms with Crippen molar-refractivity contribution in [2.45, 2.75) is 13.8 Å². The van der Waals surface area contributed by atoms with E-state index >= 15 is 0 Å². The summed E-state index contributed by atoms with van der Waals surface area (Å²) in [6.07, 6.45) is 0. The third-order valence-electron chi connectivity index (χ3n) is 2.97. The maximum Gasteiger partial charge on any atom is 0.276 e. The first-order valence-corrected chi connectivity index (χ1v) is 6.45. The van der Waals surface area contributed by atoms with Crippen molar-refractivity contribution in [1.82, 2.24) is 5.43 Å². The number of anilines is 1. The predicted octanol–water partition coefficient (Wildman–Crippen LogP) is 2.83. The molecule has 4 heteroatoms. The summed E-state index contributed by atoms with van der Waals surface area (Å²) in [5.74, 6) is 0.468. The van der Waals surface area contributed by atoms with Crippen molar-refractivity contribution < 1.29 is 9.53 Å². The number of nitrogens with one attached hydrogen (secondary N) is 2. The summed E-state index contributed by atoms with van der Waals surface area (Å²) >= 11 is 0. The molecule has 0 bridgehead atoms. The minimum Gasteiger partial charge on any atom is -0.484 e. The van der Waals surface area contributed by atoms with Crippen molar-refractivity contribution >= 4 is 11.6 Å². The number of rotatable bonds is 5. The molecule has 0 unspecified atom stereocenters. The van der Waals surface area contributed by atoms with Crippen LogP contribution in [-0.2, 0) is 4.79 Å². The predicted molar refractivity (Wildman–Crippen MR) is 79.6 cm³/mol. The summed E-state index contributed by atoms with van der Waals surface area (Å²) in [6, 6.07) is 15.2. The number of benzene rings is 2. The molecule has 4 nitrogen and oxygen atoms in total. The first-order chi connectivity index (χ1) is 9.65. The van der Waals surface area contributed by atoms with Gasteiger partial charge in [-0.2, -0.15) is 0 Å². The van der Waals surface area contributed by atoms with Crippen molar-refractivity contribution in [3.8, 4) is 5.75 Å². The van der Waals surface area contributed by atoms with Gasteiger partial charge in [0.05, 0.1) is 5.69 Å². The number of carbonyl (C=O) groups excluding carboxylic acids is 1. The topological polar surface area (TPSA) is 50.4 Å². The highest BCUT2D eigenvalue weighted by Crippen LogP contribution is 2.16. The molecule has 2 aromatic rings. The molecule has 0 aromatic heterocycles. The number of hydrogen-bond donors (Lipinski definition) is 2. The maximum absolute atomic E-state index is 11.6. The number of hydrogen-bond acceptors (Lipinski definition) is 3. The van der Waals surface area contributed by atoms with E-state index < -0.39 is 0 Å². The number of aryl methyl sites for hydroxylation is 2. The van der Waals surface area contributed by atoms with Crippen LogP contribution in [-0.4, -0.2) is 12.5 Å². The zero-order chi connectivity index (χ0) is 14.4. The highest BCUT2D eigenvalue weighted by molar-refractivity contribution is 5.78. The van der Waals surface area contributed by atoms with Crippen molar-refractivity contribution in [1.29, 1.82) is 0 Å². The van der Waals surface area contributed by atoms with E-state index in [0.717, 1.165) is 11.3 Å². The van der Waals surface area contributed by atoms with Gasteiger partial charge in [-0.25, -0.2) is 0 Å². The summed E-state index contributed by atoms with van der Waals surface area (Å²) < 4.78 is 5.44. The number of amides is 1. The lowest BCUT2D eigenvalue weighted by molar-refractivity contribution is -0.122. The van der Waals surface area contributed by atoms with Crippen LogP contribution in [0.25, 0.3) is 0 Å². The minimum absolute atomic E-state index is 0.0255. The molecule has 0 aliphatic rings. The molecule has 0 aliphatic carbocycles. The monoisotopic (exact) mass is 270 g/mol. The van der Waals surface area contributed by atoms with Crippen molar-refractivity contribution in [3.63, 3.8) is 0 Å². The average Bonchev–Trinajstić information content (AvgIpc) is 2.47. The molecule has 0 saturated carbocycles. The molecular formula is C16H18N2O2. The lowest BCUT2D eigenvalue weighted by Crippen LogP contribution is -2.33. The van der Waals surface area contributed by atoms with E-state index in [1.807, 2.05) is 62.4 Å². The Morgan fingerprint density at radius 2 is 1.80 bits per heavy atom. The summed E-state index contributed by atoms with van der Waals surface area (Å²) in [6.45, 7) is 4.02. The SMILES string of the molecule is Cc1ccc(OCC(=O)NNc2ccccc2)cc1C. The van der Waals surface area contributed by atoms with Crippen LogP contribution in [0.5, 0.6) is 5.75 Å². The zero-order valence-corrected chi connectivity index (χ0v) is 11.6. The second-order valence-corrected chi connectivity index (χ2v) is 4.57. The highest BCUT2D eigenvalue weighted by Gasteiger charge is 2.03. The molecule has 2 rings (SSSR count). The van der Waals surface area contributed by atoms with Crippen LogP contribution in [0, 0.1) is 13.8 Å². The van der Waals surface area contributed by atoms with Gasteiger partial charge in [0, 0.05) is 0 Å². The van der Waals surface area contributed by atoms with Gasteiger partial charge in [-0.05, 0) is 49.2 Å². The van der Waals surface area contributed by atoms with Gasteiger partial charge in [-0.1, -0.05) is 24.3 Å². The molecule has 2 N–H and O–H groups in total. The molecule has 104 valence electrons. The zero-order valence-electron chi connectivity index (χ0n) is 11.6. The second-order valence-electron chi connectivity index (χ2n) is 4.57. The largest absolute Gasteiger partial charge is 0.484 e. The lowest BCUT2D eigenvalue weighted by atomic mass is 10.1. The van der Waals surface area contributed by atoms with Crippen LogP contribution in [0.3, 0.4) is 0 Å². The van der Waals surface area contributed by atoms with Gasteiger partial charge in [0.15, 0.2) is 6.61 Å². The molecule has 0 aliphatic heterocycles. The smallest absolute Gasteiger partial charge is 0.276 e. The van der Waals surface area contributed by atoms with Gasteiger partial charge in [-0.3, -0.25) is 15.6 Å². The molecule has 0 radical (unpaired) electrons. The standard InChI is InChI=1S/C16H18N2O2/c1-12-8-9-15(10-13(12)2)20-11-16(19)18-17-14-6-4-3-5-7-14/h3-10,17H,11H2,1-2H3,(H,18,19). The molecule has 0 heterocycles. The van der Waals surface area contributed by atoms with Gasteiger partial charge < -0.3 is 4.74 Å². The first-order valence-electron chi connectivity index (χ1n) is 6.45. The van der Waals surface area contributed by atoms with Crippen LogP contribution in [0.15, 0.2) is 48.5 Å². The summed E-state index contributed by atoms with van der Waals surface area (Å²) in [5, 5.41) is 0. The third kappa shape index (κ3) is 4.02. The Morgan fingerprint density at radius 3 is 2.50 bits per heavy atom. The van der Waals surface area contributed by atoms with Crippen molar-refractivity contribution in [2.75, 3.05) is 12.0 Å². The molecule has 0 spiro atoms. The molecular weight excluding hydrogens is 252 g/mol. The van der Waals surface area contributed by atoms with E-state index in [2.05, 4.69) is 10.9 Å². The lowest BCUT2D eigenvalue weighted by Gasteiger charge is -2.10. The van der Waals surface area contributed by atoms with E-state index in [9.17, 15) is 4.79 Å². The normalized spacial score (nSPS) is 9.90. The Labute approximate surface area is 118 Å². The van der Waals surface area contributed by atoms with Crippen LogP contribution in [0.4, 0.5) is 5.69 Å². The van der Waals surface area contributed by atoms with Crippen LogP contribution in [0.2, 0.25) is 0 Å². The fourth-order valence-electron chi connectivity index (χ4n) is 1.65. The van der Waals surface area contributed by atoms with E-state index in [-0.39, 0.29) is 12.5 Å². The highest BCUT2D eigenvalue weighted by atomic mass is 16.5. The van der Waals surface area contributed by atoms with E-state index in [4.69, 9.17) is 4.74 Å². The maximum atomic E-state index is 11.6. The molecule has 0 saturated heterocycles. The molecule has 20 heavy (non-hydrogen) atoms. The van der Waals surface area contributed by atoms with Gasteiger partial charge in [0.2, 0.25) is 0 Å². The van der Waals surface area contributed by atoms with Crippen LogP contribution < -0.4 is 15.6 Å². The third-order valence-corrected chi connectivity index (χ3v) is 2.97. The molecule has 2 aromatic carbocycles. The Kier molecular flexibility index (Phi) is 4.60. The number of ether oxygens (including phenoxy) is 1. The van der Waals surface area contributed by atoms with Crippen molar-refractivity contribution in [2.24, 2.45) is 0 Å². The van der Waals surface area contributed by atoms with E-state index in [0.29, 0.717) is 5.75 Å². The number of para-hydroxylation sites is 1. The van der Waals surface area contributed by atoms with Crippen molar-refractivity contribution in [3.05, 3.63) is 59.7 Å². The fourth-order valence-corrected chi connectivity index (χ4v) is 1.65. The van der Waals surface area contributed by atoms with Gasteiger partial charge in [0.1, 0.15) is 5.75 Å². The average molecular weight is 270 g/mol. The number of carbonyl (C=O) groups is 1. The summed E-state index contributed by atoms with van der Waals surface area (Å²) in [4.78, 5) is 11.6.